The monoisotopic (exact) mass is 320 g/mol. The molecule has 3 aromatic heterocycles. The molecule has 0 radical (unpaired) electrons. The Morgan fingerprint density at radius 2 is 1.96 bits per heavy atom. The molecule has 0 saturated carbocycles. The molecule has 4 nitrogen and oxygen atoms in total. The molecule has 0 saturated heterocycles. The maximum absolute atomic E-state index is 4.66. The summed E-state index contributed by atoms with van der Waals surface area (Å²) in [6.07, 6.45) is 2.69. The smallest absolute Gasteiger partial charge is 0.138 e. The number of hydrogen-bond acceptors (Lipinski definition) is 5. The summed E-state index contributed by atoms with van der Waals surface area (Å²) < 4.78 is 0. The van der Waals surface area contributed by atoms with Crippen molar-refractivity contribution < 1.29 is 0 Å². The van der Waals surface area contributed by atoms with E-state index in [9.17, 15) is 0 Å². The van der Waals surface area contributed by atoms with Gasteiger partial charge in [0, 0.05) is 24.5 Å². The number of nitrogens with one attached hydrogen (secondary N) is 1. The van der Waals surface area contributed by atoms with Crippen molar-refractivity contribution >= 4 is 38.3 Å². The molecule has 0 bridgehead atoms. The molecule has 4 aromatic rings. The molecule has 0 amide bonds. The normalized spacial score (nSPS) is 11.2. The van der Waals surface area contributed by atoms with Gasteiger partial charge in [0.1, 0.15) is 16.5 Å². The van der Waals surface area contributed by atoms with Crippen LogP contribution in [0.25, 0.3) is 21.1 Å². The van der Waals surface area contributed by atoms with Crippen molar-refractivity contribution in [2.45, 2.75) is 19.9 Å². The van der Waals surface area contributed by atoms with Gasteiger partial charge in [0.15, 0.2) is 0 Å². The number of para-hydroxylation sites is 1. The summed E-state index contributed by atoms with van der Waals surface area (Å²) >= 11 is 1.65. The molecule has 0 atom stereocenters. The van der Waals surface area contributed by atoms with E-state index in [2.05, 4.69) is 50.8 Å². The van der Waals surface area contributed by atoms with Gasteiger partial charge in [0.2, 0.25) is 0 Å². The van der Waals surface area contributed by atoms with Crippen LogP contribution >= 0.6 is 11.3 Å². The van der Waals surface area contributed by atoms with Crippen molar-refractivity contribution in [3.05, 3.63) is 59.4 Å². The van der Waals surface area contributed by atoms with E-state index in [-0.39, 0.29) is 0 Å². The summed E-state index contributed by atoms with van der Waals surface area (Å²) in [5.74, 6) is 1.79. The first-order chi connectivity index (χ1) is 11.3. The molecule has 0 aliphatic rings. The summed E-state index contributed by atoms with van der Waals surface area (Å²) in [7, 11) is 0. The lowest BCUT2D eigenvalue weighted by Crippen LogP contribution is -2.05. The molecule has 0 unspecified atom stereocenters. The van der Waals surface area contributed by atoms with E-state index in [1.165, 1.54) is 10.9 Å². The molecule has 1 aromatic carbocycles. The highest BCUT2D eigenvalue weighted by Gasteiger charge is 2.09. The quantitative estimate of drug-likeness (QED) is 0.605. The van der Waals surface area contributed by atoms with Crippen molar-refractivity contribution in [3.63, 3.8) is 0 Å². The highest BCUT2D eigenvalue weighted by Crippen LogP contribution is 2.26. The Bertz CT molecular complexity index is 972. The molecule has 0 aliphatic carbocycles. The molecule has 23 heavy (non-hydrogen) atoms. The number of nitrogens with zero attached hydrogens (tertiary/aromatic N) is 3. The van der Waals surface area contributed by atoms with Crippen molar-refractivity contribution in [2.75, 3.05) is 5.32 Å². The standard InChI is InChI=1S/C18H16N4S/c1-2-16-21-17(14-8-10-23-18(14)22-16)20-11-12-7-9-19-15-6-4-3-5-13(12)15/h3-10H,2,11H2,1H3,(H,20,21,22). The molecule has 1 N–H and O–H groups in total. The van der Waals surface area contributed by atoms with Crippen LogP contribution in [-0.2, 0) is 13.0 Å². The summed E-state index contributed by atoms with van der Waals surface area (Å²) in [5, 5.41) is 7.81. The molecule has 0 aliphatic heterocycles. The minimum absolute atomic E-state index is 0.716. The maximum atomic E-state index is 4.66. The zero-order chi connectivity index (χ0) is 15.6. The van der Waals surface area contributed by atoms with Gasteiger partial charge in [0.05, 0.1) is 10.9 Å². The second kappa shape index (κ2) is 5.93. The Morgan fingerprint density at radius 1 is 1.04 bits per heavy atom. The van der Waals surface area contributed by atoms with Crippen molar-refractivity contribution in [1.29, 1.82) is 0 Å². The van der Waals surface area contributed by atoms with Gasteiger partial charge < -0.3 is 5.32 Å². The van der Waals surface area contributed by atoms with E-state index in [4.69, 9.17) is 0 Å². The lowest BCUT2D eigenvalue weighted by atomic mass is 10.1. The van der Waals surface area contributed by atoms with Crippen LogP contribution in [0, 0.1) is 0 Å². The summed E-state index contributed by atoms with van der Waals surface area (Å²) in [6, 6.07) is 12.3. The zero-order valence-corrected chi connectivity index (χ0v) is 13.6. The summed E-state index contributed by atoms with van der Waals surface area (Å²) in [4.78, 5) is 14.7. The lowest BCUT2D eigenvalue weighted by Gasteiger charge is -2.10. The third kappa shape index (κ3) is 2.64. The topological polar surface area (TPSA) is 50.7 Å². The molecule has 0 spiro atoms. The molecule has 0 fully saturated rings. The van der Waals surface area contributed by atoms with E-state index in [1.807, 2.05) is 24.4 Å². The summed E-state index contributed by atoms with van der Waals surface area (Å²) in [6.45, 7) is 2.79. The highest BCUT2D eigenvalue weighted by atomic mass is 32.1. The SMILES string of the molecule is CCc1nc(NCc2ccnc3ccccc23)c2ccsc2n1. The van der Waals surface area contributed by atoms with Crippen LogP contribution in [0.4, 0.5) is 5.82 Å². The minimum Gasteiger partial charge on any atom is -0.365 e. The predicted octanol–water partition coefficient (Wildman–Crippen LogP) is 4.41. The van der Waals surface area contributed by atoms with E-state index in [0.29, 0.717) is 6.54 Å². The van der Waals surface area contributed by atoms with Crippen LogP contribution in [0.1, 0.15) is 18.3 Å². The lowest BCUT2D eigenvalue weighted by molar-refractivity contribution is 0.957. The van der Waals surface area contributed by atoms with Gasteiger partial charge in [-0.2, -0.15) is 0 Å². The number of rotatable bonds is 4. The number of benzene rings is 1. The van der Waals surface area contributed by atoms with E-state index < -0.39 is 0 Å². The van der Waals surface area contributed by atoms with E-state index >= 15 is 0 Å². The Morgan fingerprint density at radius 3 is 2.87 bits per heavy atom. The van der Waals surface area contributed by atoms with Crippen LogP contribution < -0.4 is 5.32 Å². The average molecular weight is 320 g/mol. The molecule has 114 valence electrons. The highest BCUT2D eigenvalue weighted by molar-refractivity contribution is 7.16. The van der Waals surface area contributed by atoms with Crippen LogP contribution in [0.2, 0.25) is 0 Å². The fraction of sp³-hybridized carbons (Fsp3) is 0.167. The molecule has 3 heterocycles. The van der Waals surface area contributed by atoms with Gasteiger partial charge >= 0.3 is 0 Å². The number of anilines is 1. The third-order valence-electron chi connectivity index (χ3n) is 3.87. The number of thiophene rings is 1. The van der Waals surface area contributed by atoms with Crippen LogP contribution in [-0.4, -0.2) is 15.0 Å². The molecular weight excluding hydrogens is 304 g/mol. The third-order valence-corrected chi connectivity index (χ3v) is 4.68. The molecule has 4 rings (SSSR count). The van der Waals surface area contributed by atoms with Crippen molar-refractivity contribution in [3.8, 4) is 0 Å². The van der Waals surface area contributed by atoms with Gasteiger partial charge in [-0.3, -0.25) is 4.98 Å². The number of pyridine rings is 1. The fourth-order valence-electron chi connectivity index (χ4n) is 2.68. The average Bonchev–Trinajstić information content (AvgIpc) is 3.08. The first-order valence-electron chi connectivity index (χ1n) is 7.66. The minimum atomic E-state index is 0.716. The van der Waals surface area contributed by atoms with E-state index in [0.717, 1.165) is 33.8 Å². The van der Waals surface area contributed by atoms with Crippen LogP contribution in [0.3, 0.4) is 0 Å². The Hall–Kier alpha value is -2.53. The first kappa shape index (κ1) is 14.1. The van der Waals surface area contributed by atoms with E-state index in [1.54, 1.807) is 11.3 Å². The predicted molar refractivity (Wildman–Crippen MR) is 95.9 cm³/mol. The number of aryl methyl sites for hydroxylation is 1. The largest absolute Gasteiger partial charge is 0.365 e. The second-order valence-corrected chi connectivity index (χ2v) is 6.22. The maximum Gasteiger partial charge on any atom is 0.138 e. The van der Waals surface area contributed by atoms with Gasteiger partial charge in [-0.15, -0.1) is 11.3 Å². The second-order valence-electron chi connectivity index (χ2n) is 5.32. The number of aromatic nitrogens is 3. The Labute approximate surface area is 138 Å². The van der Waals surface area contributed by atoms with Crippen molar-refractivity contribution in [2.24, 2.45) is 0 Å². The number of hydrogen-bond donors (Lipinski definition) is 1. The fourth-order valence-corrected chi connectivity index (χ4v) is 3.46. The van der Waals surface area contributed by atoms with Gasteiger partial charge in [-0.25, -0.2) is 9.97 Å². The number of fused-ring (bicyclic) bond motifs is 2. The van der Waals surface area contributed by atoms with Gasteiger partial charge in [-0.1, -0.05) is 25.1 Å². The van der Waals surface area contributed by atoms with Crippen molar-refractivity contribution in [1.82, 2.24) is 15.0 Å². The molecule has 5 heteroatoms. The van der Waals surface area contributed by atoms with Crippen LogP contribution in [0.5, 0.6) is 0 Å². The van der Waals surface area contributed by atoms with Crippen LogP contribution in [0.15, 0.2) is 48.0 Å². The Kier molecular flexibility index (Phi) is 3.63. The van der Waals surface area contributed by atoms with Gasteiger partial charge in [-0.05, 0) is 29.1 Å². The van der Waals surface area contributed by atoms with Gasteiger partial charge in [0.25, 0.3) is 0 Å². The molecular formula is C18H16N4S. The first-order valence-corrected chi connectivity index (χ1v) is 8.53. The summed E-state index contributed by atoms with van der Waals surface area (Å²) in [5.41, 5.74) is 2.24. The zero-order valence-electron chi connectivity index (χ0n) is 12.8. The Balaban J connectivity index is 1.70.